The third-order valence-corrected chi connectivity index (χ3v) is 1.97. The average Bonchev–Trinajstić information content (AvgIpc) is 2.34. The zero-order valence-corrected chi connectivity index (χ0v) is 9.41. The lowest BCUT2D eigenvalue weighted by Gasteiger charge is -2.08. The molecule has 1 aromatic carbocycles. The Bertz CT molecular complexity index is 612. The SMILES string of the molecule is C#Cc1cc(OCC#N)cc(NC(=O)O)c1[N+](=O)[O-]. The van der Waals surface area contributed by atoms with Crippen molar-refractivity contribution in [1.29, 1.82) is 5.26 Å². The highest BCUT2D eigenvalue weighted by molar-refractivity contribution is 5.88. The van der Waals surface area contributed by atoms with Crippen LogP contribution in [0.2, 0.25) is 0 Å². The standard InChI is InChI=1S/C11H7N3O5/c1-2-7-5-8(19-4-3-12)6-9(13-11(15)16)10(7)14(17)18/h1,5-6,13H,4H2,(H,15,16). The number of amides is 1. The molecular weight excluding hydrogens is 254 g/mol. The van der Waals surface area contributed by atoms with E-state index in [-0.39, 0.29) is 23.6 Å². The topological polar surface area (TPSA) is 125 Å². The van der Waals surface area contributed by atoms with Crippen molar-refractivity contribution in [3.8, 4) is 24.2 Å². The minimum atomic E-state index is -1.48. The fourth-order valence-corrected chi connectivity index (χ4v) is 1.32. The summed E-state index contributed by atoms with van der Waals surface area (Å²) < 4.78 is 4.94. The molecule has 0 saturated heterocycles. The third kappa shape index (κ3) is 3.35. The van der Waals surface area contributed by atoms with Gasteiger partial charge in [0, 0.05) is 12.1 Å². The van der Waals surface area contributed by atoms with Crippen LogP contribution < -0.4 is 10.1 Å². The molecule has 0 atom stereocenters. The second kappa shape index (κ2) is 5.89. The maximum atomic E-state index is 10.9. The van der Waals surface area contributed by atoms with Crippen molar-refractivity contribution in [3.63, 3.8) is 0 Å². The number of terminal acetylenes is 1. The summed E-state index contributed by atoms with van der Waals surface area (Å²) in [5.41, 5.74) is -1.01. The fraction of sp³-hybridized carbons (Fsp3) is 0.0909. The smallest absolute Gasteiger partial charge is 0.409 e. The minimum absolute atomic E-state index is 0.0591. The highest BCUT2D eigenvalue weighted by atomic mass is 16.6. The summed E-state index contributed by atoms with van der Waals surface area (Å²) >= 11 is 0. The maximum absolute atomic E-state index is 10.9. The van der Waals surface area contributed by atoms with Crippen LogP contribution in [0.25, 0.3) is 0 Å². The van der Waals surface area contributed by atoms with Crippen molar-refractivity contribution >= 4 is 17.5 Å². The van der Waals surface area contributed by atoms with Gasteiger partial charge in [0.25, 0.3) is 0 Å². The number of anilines is 1. The molecule has 0 aliphatic heterocycles. The minimum Gasteiger partial charge on any atom is -0.479 e. The molecule has 0 fully saturated rings. The van der Waals surface area contributed by atoms with E-state index in [0.717, 1.165) is 6.07 Å². The van der Waals surface area contributed by atoms with Crippen molar-refractivity contribution in [2.75, 3.05) is 11.9 Å². The molecule has 0 heterocycles. The van der Waals surface area contributed by atoms with Crippen molar-refractivity contribution in [2.45, 2.75) is 0 Å². The van der Waals surface area contributed by atoms with Gasteiger partial charge in [0.15, 0.2) is 6.61 Å². The Morgan fingerprint density at radius 3 is 2.79 bits per heavy atom. The van der Waals surface area contributed by atoms with E-state index in [1.165, 1.54) is 6.07 Å². The number of rotatable bonds is 4. The maximum Gasteiger partial charge on any atom is 0.409 e. The number of carbonyl (C=O) groups is 1. The fourth-order valence-electron chi connectivity index (χ4n) is 1.32. The molecule has 0 aromatic heterocycles. The molecule has 8 heteroatoms. The lowest BCUT2D eigenvalue weighted by molar-refractivity contribution is -0.384. The van der Waals surface area contributed by atoms with Gasteiger partial charge in [0.05, 0.1) is 4.92 Å². The molecule has 1 amide bonds. The number of ether oxygens (including phenoxy) is 1. The van der Waals surface area contributed by atoms with Gasteiger partial charge in [-0.3, -0.25) is 15.4 Å². The number of hydrogen-bond acceptors (Lipinski definition) is 5. The summed E-state index contributed by atoms with van der Waals surface area (Å²) in [5, 5.41) is 29.8. The van der Waals surface area contributed by atoms with Gasteiger partial charge in [-0.25, -0.2) is 4.79 Å². The number of nitro benzene ring substituents is 1. The highest BCUT2D eigenvalue weighted by Gasteiger charge is 2.22. The van der Waals surface area contributed by atoms with Crippen molar-refractivity contribution < 1.29 is 19.6 Å². The van der Waals surface area contributed by atoms with Crippen molar-refractivity contribution in [2.24, 2.45) is 0 Å². The van der Waals surface area contributed by atoms with E-state index in [9.17, 15) is 14.9 Å². The first kappa shape index (κ1) is 13.8. The molecule has 0 bridgehead atoms. The largest absolute Gasteiger partial charge is 0.479 e. The van der Waals surface area contributed by atoms with E-state index in [2.05, 4.69) is 5.92 Å². The number of nitrogens with one attached hydrogen (secondary N) is 1. The first-order valence-electron chi connectivity index (χ1n) is 4.78. The van der Waals surface area contributed by atoms with Crippen LogP contribution in [-0.2, 0) is 0 Å². The van der Waals surface area contributed by atoms with Crippen molar-refractivity contribution in [1.82, 2.24) is 0 Å². The summed E-state index contributed by atoms with van der Waals surface area (Å²) in [6.07, 6.45) is 3.65. The molecule has 8 nitrogen and oxygen atoms in total. The molecule has 0 spiro atoms. The second-order valence-corrected chi connectivity index (χ2v) is 3.15. The predicted octanol–water partition coefficient (Wildman–Crippen LogP) is 1.57. The van der Waals surface area contributed by atoms with Gasteiger partial charge in [-0.15, -0.1) is 6.42 Å². The quantitative estimate of drug-likeness (QED) is 0.481. The molecular formula is C11H7N3O5. The van der Waals surface area contributed by atoms with Crippen LogP contribution in [0.5, 0.6) is 5.75 Å². The van der Waals surface area contributed by atoms with Gasteiger partial charge in [-0.05, 0) is 0 Å². The lowest BCUT2D eigenvalue weighted by Crippen LogP contribution is -2.10. The van der Waals surface area contributed by atoms with E-state index in [4.69, 9.17) is 21.5 Å². The zero-order chi connectivity index (χ0) is 14.4. The van der Waals surface area contributed by atoms with Crippen LogP contribution in [0, 0.1) is 33.8 Å². The van der Waals surface area contributed by atoms with E-state index in [1.54, 1.807) is 6.07 Å². The number of nitriles is 1. The molecule has 0 aliphatic carbocycles. The first-order valence-corrected chi connectivity index (χ1v) is 4.78. The Morgan fingerprint density at radius 2 is 2.32 bits per heavy atom. The molecule has 1 rings (SSSR count). The van der Waals surface area contributed by atoms with E-state index >= 15 is 0 Å². The van der Waals surface area contributed by atoms with Gasteiger partial charge < -0.3 is 9.84 Å². The highest BCUT2D eigenvalue weighted by Crippen LogP contribution is 2.33. The Hall–Kier alpha value is -3.26. The number of nitro groups is 1. The van der Waals surface area contributed by atoms with Gasteiger partial charge in [-0.1, -0.05) is 5.92 Å². The Kier molecular flexibility index (Phi) is 4.28. The van der Waals surface area contributed by atoms with Crippen LogP contribution in [0.1, 0.15) is 5.56 Å². The number of hydrogen-bond donors (Lipinski definition) is 2. The van der Waals surface area contributed by atoms with Crippen LogP contribution >= 0.6 is 0 Å². The molecule has 2 N–H and O–H groups in total. The number of carboxylic acid groups (broad SMARTS) is 1. The third-order valence-electron chi connectivity index (χ3n) is 1.97. The molecule has 0 aliphatic rings. The number of nitrogens with zero attached hydrogens (tertiary/aromatic N) is 2. The normalized spacial score (nSPS) is 8.95. The van der Waals surface area contributed by atoms with Crippen LogP contribution in [0.15, 0.2) is 12.1 Å². The molecule has 0 radical (unpaired) electrons. The molecule has 96 valence electrons. The molecule has 1 aromatic rings. The monoisotopic (exact) mass is 261 g/mol. The van der Waals surface area contributed by atoms with Gasteiger partial charge in [0.1, 0.15) is 23.1 Å². The molecule has 0 unspecified atom stereocenters. The lowest BCUT2D eigenvalue weighted by atomic mass is 10.1. The summed E-state index contributed by atoms with van der Waals surface area (Å²) in [6, 6.07) is 3.98. The molecule has 0 saturated carbocycles. The Morgan fingerprint density at radius 1 is 1.63 bits per heavy atom. The zero-order valence-electron chi connectivity index (χ0n) is 9.41. The summed E-state index contributed by atoms with van der Waals surface area (Å²) in [6.45, 7) is -0.297. The summed E-state index contributed by atoms with van der Waals surface area (Å²) in [7, 11) is 0. The van der Waals surface area contributed by atoms with Gasteiger partial charge in [-0.2, -0.15) is 5.26 Å². The van der Waals surface area contributed by atoms with Crippen LogP contribution in [-0.4, -0.2) is 22.7 Å². The van der Waals surface area contributed by atoms with Crippen LogP contribution in [0.3, 0.4) is 0 Å². The first-order chi connectivity index (χ1) is 8.99. The van der Waals surface area contributed by atoms with Crippen LogP contribution in [0.4, 0.5) is 16.2 Å². The average molecular weight is 261 g/mol. The van der Waals surface area contributed by atoms with Crippen molar-refractivity contribution in [3.05, 3.63) is 27.8 Å². The van der Waals surface area contributed by atoms with Gasteiger partial charge in [0.2, 0.25) is 0 Å². The number of benzene rings is 1. The van der Waals surface area contributed by atoms with E-state index in [0.29, 0.717) is 0 Å². The van der Waals surface area contributed by atoms with E-state index in [1.807, 2.05) is 5.32 Å². The Balaban J connectivity index is 3.37. The van der Waals surface area contributed by atoms with E-state index < -0.39 is 16.7 Å². The summed E-state index contributed by atoms with van der Waals surface area (Å²) in [5.74, 6) is 2.13. The predicted molar refractivity (Wildman–Crippen MR) is 63.8 cm³/mol. The summed E-state index contributed by atoms with van der Waals surface area (Å²) in [4.78, 5) is 20.7. The second-order valence-electron chi connectivity index (χ2n) is 3.15. The molecule has 19 heavy (non-hydrogen) atoms. The Labute approximate surface area is 107 Å². The van der Waals surface area contributed by atoms with Gasteiger partial charge >= 0.3 is 11.8 Å².